The number of hydrogen-bond donors (Lipinski definition) is 2. The van der Waals surface area contributed by atoms with Crippen molar-refractivity contribution in [3.05, 3.63) is 41.5 Å². The summed E-state index contributed by atoms with van der Waals surface area (Å²) in [5.41, 5.74) is 2.03. The molecule has 1 aromatic carbocycles. The Hall–Kier alpha value is -2.14. The van der Waals surface area contributed by atoms with E-state index in [4.69, 9.17) is 4.74 Å². The van der Waals surface area contributed by atoms with Crippen LogP contribution < -0.4 is 5.32 Å². The van der Waals surface area contributed by atoms with Gasteiger partial charge in [0.15, 0.2) is 0 Å². The molecule has 2 heterocycles. The second kappa shape index (κ2) is 4.95. The number of anilines is 1. The van der Waals surface area contributed by atoms with Crippen molar-refractivity contribution in [3.63, 3.8) is 0 Å². The third-order valence-corrected chi connectivity index (χ3v) is 4.68. The Morgan fingerprint density at radius 3 is 2.64 bits per heavy atom. The number of benzene rings is 1. The Kier molecular flexibility index (Phi) is 3.33. The molecular weight excluding hydrogens is 282 g/mol. The number of carbonyl (C=O) groups excluding carboxylic acids is 1. The lowest BCUT2D eigenvalue weighted by Crippen LogP contribution is -2.44. The largest absolute Gasteiger partial charge is 0.481 e. The molecule has 116 valence electrons. The van der Waals surface area contributed by atoms with Crippen LogP contribution in [0.5, 0.6) is 0 Å². The fourth-order valence-corrected chi connectivity index (χ4v) is 3.32. The first-order valence-corrected chi connectivity index (χ1v) is 7.30. The van der Waals surface area contributed by atoms with Gasteiger partial charge in [-0.25, -0.2) is 0 Å². The van der Waals surface area contributed by atoms with E-state index in [2.05, 4.69) is 5.32 Å². The molecular formula is C17H19NO4. The number of carboxylic acid groups (broad SMARTS) is 1. The summed E-state index contributed by atoms with van der Waals surface area (Å²) in [7, 11) is 0. The normalized spacial score (nSPS) is 32.2. The second-order valence-electron chi connectivity index (χ2n) is 6.26. The van der Waals surface area contributed by atoms with Crippen molar-refractivity contribution in [1.82, 2.24) is 0 Å². The number of amides is 1. The molecule has 1 amide bonds. The maximum absolute atomic E-state index is 12.6. The summed E-state index contributed by atoms with van der Waals surface area (Å²) < 4.78 is 5.70. The van der Waals surface area contributed by atoms with Gasteiger partial charge < -0.3 is 15.2 Å². The van der Waals surface area contributed by atoms with Gasteiger partial charge in [-0.3, -0.25) is 9.59 Å². The molecule has 1 fully saturated rings. The topological polar surface area (TPSA) is 75.6 Å². The molecule has 0 spiro atoms. The standard InChI is InChI=1S/C17H19NO4/c1-9-4-5-11(8-10(9)2)18-15(19)14-13(16(20)21)12-6-7-17(14,3)22-12/h4-8,12-14H,1-3H3,(H,18,19)(H,20,21)/t12-,13-,14+,17-/m1/s1. The van der Waals surface area contributed by atoms with Crippen LogP contribution in [-0.4, -0.2) is 28.7 Å². The summed E-state index contributed by atoms with van der Waals surface area (Å²) in [6, 6.07) is 5.63. The molecule has 2 bridgehead atoms. The molecule has 4 atom stereocenters. The molecule has 5 nitrogen and oxygen atoms in total. The molecule has 1 saturated heterocycles. The van der Waals surface area contributed by atoms with Gasteiger partial charge in [-0.15, -0.1) is 0 Å². The van der Waals surface area contributed by atoms with Crippen molar-refractivity contribution in [2.75, 3.05) is 5.32 Å². The second-order valence-corrected chi connectivity index (χ2v) is 6.26. The predicted octanol–water partition coefficient (Wildman–Crippen LogP) is 2.29. The van der Waals surface area contributed by atoms with Crippen molar-refractivity contribution in [2.45, 2.75) is 32.5 Å². The molecule has 0 aliphatic carbocycles. The third kappa shape index (κ3) is 2.22. The third-order valence-electron chi connectivity index (χ3n) is 4.68. The van der Waals surface area contributed by atoms with Gasteiger partial charge in [0.2, 0.25) is 5.91 Å². The van der Waals surface area contributed by atoms with E-state index in [0.717, 1.165) is 11.1 Å². The molecule has 3 rings (SSSR count). The van der Waals surface area contributed by atoms with Crippen LogP contribution in [0.15, 0.2) is 30.4 Å². The Balaban J connectivity index is 1.86. The first-order chi connectivity index (χ1) is 10.3. The lowest BCUT2D eigenvalue weighted by molar-refractivity contribution is -0.146. The maximum atomic E-state index is 12.6. The molecule has 2 aliphatic rings. The summed E-state index contributed by atoms with van der Waals surface area (Å²) in [5.74, 6) is -2.90. The number of rotatable bonds is 3. The van der Waals surface area contributed by atoms with Gasteiger partial charge in [0.05, 0.1) is 17.6 Å². The average Bonchev–Trinajstić information content (AvgIpc) is 2.95. The van der Waals surface area contributed by atoms with Crippen LogP contribution in [0.4, 0.5) is 5.69 Å². The molecule has 22 heavy (non-hydrogen) atoms. The van der Waals surface area contributed by atoms with Gasteiger partial charge in [-0.1, -0.05) is 18.2 Å². The number of carbonyl (C=O) groups is 2. The first-order valence-electron chi connectivity index (χ1n) is 7.30. The van der Waals surface area contributed by atoms with Gasteiger partial charge in [-0.05, 0) is 44.0 Å². The van der Waals surface area contributed by atoms with Crippen molar-refractivity contribution in [3.8, 4) is 0 Å². The Morgan fingerprint density at radius 1 is 1.27 bits per heavy atom. The SMILES string of the molecule is Cc1ccc(NC(=O)[C@@H]2[C@H](C(=O)O)[C@H]3C=C[C@@]2(C)O3)cc1C. The van der Waals surface area contributed by atoms with Gasteiger partial charge in [-0.2, -0.15) is 0 Å². The van der Waals surface area contributed by atoms with Gasteiger partial charge in [0, 0.05) is 5.69 Å². The van der Waals surface area contributed by atoms with Crippen molar-refractivity contribution in [2.24, 2.45) is 11.8 Å². The molecule has 0 unspecified atom stereocenters. The minimum atomic E-state index is -1.00. The molecule has 0 saturated carbocycles. The highest BCUT2D eigenvalue weighted by Crippen LogP contribution is 2.47. The summed E-state index contributed by atoms with van der Waals surface area (Å²) in [4.78, 5) is 24.1. The van der Waals surface area contributed by atoms with E-state index < -0.39 is 29.5 Å². The number of fused-ring (bicyclic) bond motifs is 2. The van der Waals surface area contributed by atoms with Crippen molar-refractivity contribution >= 4 is 17.6 Å². The van der Waals surface area contributed by atoms with E-state index >= 15 is 0 Å². The lowest BCUT2D eigenvalue weighted by atomic mass is 9.75. The zero-order chi connectivity index (χ0) is 16.1. The number of nitrogens with one attached hydrogen (secondary N) is 1. The number of ether oxygens (including phenoxy) is 1. The molecule has 0 radical (unpaired) electrons. The van der Waals surface area contributed by atoms with Crippen LogP contribution in [0.1, 0.15) is 18.1 Å². The van der Waals surface area contributed by atoms with Crippen LogP contribution in [0.25, 0.3) is 0 Å². The summed E-state index contributed by atoms with van der Waals surface area (Å²) in [6.45, 7) is 5.73. The maximum Gasteiger partial charge on any atom is 0.310 e. The Bertz CT molecular complexity index is 681. The van der Waals surface area contributed by atoms with E-state index in [1.165, 1.54) is 0 Å². The van der Waals surface area contributed by atoms with E-state index in [1.54, 1.807) is 19.1 Å². The smallest absolute Gasteiger partial charge is 0.310 e. The van der Waals surface area contributed by atoms with E-state index in [9.17, 15) is 14.7 Å². The lowest BCUT2D eigenvalue weighted by Gasteiger charge is -2.27. The predicted molar refractivity (Wildman–Crippen MR) is 81.6 cm³/mol. The monoisotopic (exact) mass is 301 g/mol. The van der Waals surface area contributed by atoms with Crippen LogP contribution in [0.2, 0.25) is 0 Å². The van der Waals surface area contributed by atoms with Gasteiger partial charge >= 0.3 is 5.97 Å². The Morgan fingerprint density at radius 2 is 2.00 bits per heavy atom. The minimum absolute atomic E-state index is 0.315. The van der Waals surface area contributed by atoms with E-state index in [-0.39, 0.29) is 5.91 Å². The van der Waals surface area contributed by atoms with Crippen LogP contribution >= 0.6 is 0 Å². The molecule has 2 N–H and O–H groups in total. The van der Waals surface area contributed by atoms with Crippen LogP contribution in [0.3, 0.4) is 0 Å². The fourth-order valence-electron chi connectivity index (χ4n) is 3.32. The molecule has 5 heteroatoms. The highest BCUT2D eigenvalue weighted by atomic mass is 16.5. The van der Waals surface area contributed by atoms with Crippen LogP contribution in [-0.2, 0) is 14.3 Å². The van der Waals surface area contributed by atoms with Crippen molar-refractivity contribution < 1.29 is 19.4 Å². The van der Waals surface area contributed by atoms with E-state index in [1.807, 2.05) is 32.0 Å². The summed E-state index contributed by atoms with van der Waals surface area (Å²) in [6.07, 6.45) is 3.00. The summed E-state index contributed by atoms with van der Waals surface area (Å²) >= 11 is 0. The van der Waals surface area contributed by atoms with Gasteiger partial charge in [0.25, 0.3) is 0 Å². The van der Waals surface area contributed by atoms with E-state index in [0.29, 0.717) is 5.69 Å². The Labute approximate surface area is 129 Å². The van der Waals surface area contributed by atoms with Gasteiger partial charge in [0.1, 0.15) is 5.92 Å². The quantitative estimate of drug-likeness (QED) is 0.840. The first kappa shape index (κ1) is 14.8. The average molecular weight is 301 g/mol. The number of aliphatic carboxylic acids is 1. The molecule has 2 aliphatic heterocycles. The number of hydrogen-bond acceptors (Lipinski definition) is 3. The fraction of sp³-hybridized carbons (Fsp3) is 0.412. The van der Waals surface area contributed by atoms with Crippen LogP contribution in [0, 0.1) is 25.7 Å². The highest BCUT2D eigenvalue weighted by molar-refractivity contribution is 5.97. The number of carboxylic acids is 1. The number of aryl methyl sites for hydroxylation is 2. The summed E-state index contributed by atoms with van der Waals surface area (Å²) in [5, 5.41) is 12.3. The molecule has 0 aromatic heterocycles. The minimum Gasteiger partial charge on any atom is -0.481 e. The highest BCUT2D eigenvalue weighted by Gasteiger charge is 2.59. The zero-order valence-corrected chi connectivity index (χ0v) is 12.8. The van der Waals surface area contributed by atoms with Crippen molar-refractivity contribution in [1.29, 1.82) is 0 Å². The zero-order valence-electron chi connectivity index (χ0n) is 12.8. The molecule has 1 aromatic rings.